The number of amides is 2. The smallest absolute Gasteiger partial charge is 0.416 e. The van der Waals surface area contributed by atoms with E-state index < -0.39 is 23.2 Å². The second kappa shape index (κ2) is 11.5. The van der Waals surface area contributed by atoms with E-state index in [0.29, 0.717) is 17.4 Å². The number of rotatable bonds is 6. The number of hydrogen-bond donors (Lipinski definition) is 1. The van der Waals surface area contributed by atoms with Crippen molar-refractivity contribution in [1.82, 2.24) is 15.2 Å². The van der Waals surface area contributed by atoms with Gasteiger partial charge in [-0.15, -0.1) is 0 Å². The first-order chi connectivity index (χ1) is 19.2. The van der Waals surface area contributed by atoms with Gasteiger partial charge in [0.05, 0.1) is 12.7 Å². The van der Waals surface area contributed by atoms with Gasteiger partial charge in [0.1, 0.15) is 10.9 Å². The number of alkyl halides is 3. The molecular formula is C30H30ClF3N4O2. The number of likely N-dealkylation sites (tertiary alicyclic amines) is 1. The van der Waals surface area contributed by atoms with Crippen molar-refractivity contribution < 1.29 is 22.7 Å². The molecule has 10 heteroatoms. The highest BCUT2D eigenvalue weighted by molar-refractivity contribution is 6.29. The highest BCUT2D eigenvalue weighted by Crippen LogP contribution is 2.48. The summed E-state index contributed by atoms with van der Waals surface area (Å²) in [5, 5.41) is 3.14. The lowest BCUT2D eigenvalue weighted by Crippen LogP contribution is -2.47. The third-order valence-corrected chi connectivity index (χ3v) is 7.94. The first kappa shape index (κ1) is 28.0. The van der Waals surface area contributed by atoms with Crippen LogP contribution in [0, 0.1) is 0 Å². The summed E-state index contributed by atoms with van der Waals surface area (Å²) >= 11 is 5.94. The fourth-order valence-corrected chi connectivity index (χ4v) is 5.70. The Morgan fingerprint density at radius 1 is 1.12 bits per heavy atom. The number of urea groups is 1. The number of nitrogens with one attached hydrogen (secondary N) is 1. The van der Waals surface area contributed by atoms with Crippen molar-refractivity contribution >= 4 is 29.4 Å². The molecule has 2 aliphatic rings. The van der Waals surface area contributed by atoms with E-state index in [9.17, 15) is 18.0 Å². The minimum Gasteiger partial charge on any atom is -0.497 e. The summed E-state index contributed by atoms with van der Waals surface area (Å²) in [5.74, 6) is 0.808. The summed E-state index contributed by atoms with van der Waals surface area (Å²) < 4.78 is 46.0. The molecule has 3 aromatic rings. The highest BCUT2D eigenvalue weighted by atomic mass is 35.5. The van der Waals surface area contributed by atoms with Gasteiger partial charge in [-0.3, -0.25) is 9.80 Å². The Balaban J connectivity index is 1.29. The molecule has 5 rings (SSSR count). The minimum atomic E-state index is -4.50. The number of anilines is 1. The number of carbonyl (C=O) groups is 1. The molecular weight excluding hydrogens is 541 g/mol. The van der Waals surface area contributed by atoms with Crippen molar-refractivity contribution in [3.05, 3.63) is 94.3 Å². The summed E-state index contributed by atoms with van der Waals surface area (Å²) in [6.07, 6.45) is 2.70. The standard InChI is InChI=1S/C30H30ClF3N4O2/c1-40-24-7-4-21(5-8-24)3-2-14-37-15-11-29(12-16-37)20-38(26-18-23(30(32,33)34)6-9-25(26)29)28(39)36-19-22-10-13-35-27(31)17-22/h2-10,13,17-18H,11-12,14-16,19-20H2,1H3,(H,36,39)/b3-2+. The monoisotopic (exact) mass is 570 g/mol. The zero-order chi connectivity index (χ0) is 28.3. The second-order valence-corrected chi connectivity index (χ2v) is 10.6. The molecule has 1 aromatic heterocycles. The molecule has 210 valence electrons. The van der Waals surface area contributed by atoms with Gasteiger partial charge in [-0.2, -0.15) is 13.2 Å². The number of benzene rings is 2. The van der Waals surface area contributed by atoms with Crippen LogP contribution in [0.5, 0.6) is 5.75 Å². The lowest BCUT2D eigenvalue weighted by Gasteiger charge is -2.39. The molecule has 1 fully saturated rings. The SMILES string of the molecule is COc1ccc(/C=C/CN2CCC3(CC2)CN(C(=O)NCc2ccnc(Cl)c2)c2cc(C(F)(F)F)ccc23)cc1. The predicted molar refractivity (Wildman–Crippen MR) is 150 cm³/mol. The molecule has 3 heterocycles. The number of methoxy groups -OCH3 is 1. The van der Waals surface area contributed by atoms with Crippen molar-refractivity contribution in [3.63, 3.8) is 0 Å². The predicted octanol–water partition coefficient (Wildman–Crippen LogP) is 6.54. The van der Waals surface area contributed by atoms with Gasteiger partial charge in [0.2, 0.25) is 0 Å². The molecule has 0 bridgehead atoms. The Hall–Kier alpha value is -3.56. The van der Waals surface area contributed by atoms with Crippen LogP contribution in [0.3, 0.4) is 0 Å². The van der Waals surface area contributed by atoms with E-state index >= 15 is 0 Å². The number of fused-ring (bicyclic) bond motifs is 2. The van der Waals surface area contributed by atoms with Gasteiger partial charge in [-0.05, 0) is 79.0 Å². The number of piperidine rings is 1. The van der Waals surface area contributed by atoms with Crippen LogP contribution in [0.25, 0.3) is 6.08 Å². The van der Waals surface area contributed by atoms with E-state index in [-0.39, 0.29) is 6.54 Å². The van der Waals surface area contributed by atoms with E-state index in [0.717, 1.165) is 67.0 Å². The van der Waals surface area contributed by atoms with Crippen molar-refractivity contribution in [1.29, 1.82) is 0 Å². The van der Waals surface area contributed by atoms with Gasteiger partial charge in [0.15, 0.2) is 0 Å². The van der Waals surface area contributed by atoms with Crippen LogP contribution < -0.4 is 15.0 Å². The lowest BCUT2D eigenvalue weighted by molar-refractivity contribution is -0.137. The van der Waals surface area contributed by atoms with E-state index in [1.807, 2.05) is 24.3 Å². The van der Waals surface area contributed by atoms with E-state index in [1.54, 1.807) is 31.5 Å². The zero-order valence-corrected chi connectivity index (χ0v) is 22.8. The lowest BCUT2D eigenvalue weighted by atomic mass is 9.74. The Bertz CT molecular complexity index is 1390. The van der Waals surface area contributed by atoms with Crippen LogP contribution in [0.4, 0.5) is 23.7 Å². The Morgan fingerprint density at radius 3 is 2.55 bits per heavy atom. The Morgan fingerprint density at radius 2 is 1.88 bits per heavy atom. The van der Waals surface area contributed by atoms with Crippen LogP contribution in [-0.2, 0) is 18.1 Å². The van der Waals surface area contributed by atoms with E-state index in [4.69, 9.17) is 16.3 Å². The molecule has 0 radical (unpaired) electrons. The molecule has 40 heavy (non-hydrogen) atoms. The third kappa shape index (κ3) is 6.10. The van der Waals surface area contributed by atoms with Crippen LogP contribution in [-0.4, -0.2) is 49.2 Å². The van der Waals surface area contributed by atoms with Crippen molar-refractivity contribution in [3.8, 4) is 5.75 Å². The topological polar surface area (TPSA) is 57.7 Å². The van der Waals surface area contributed by atoms with Gasteiger partial charge >= 0.3 is 12.2 Å². The summed E-state index contributed by atoms with van der Waals surface area (Å²) in [7, 11) is 1.64. The minimum absolute atomic E-state index is 0.188. The average Bonchev–Trinajstić information content (AvgIpc) is 3.26. The number of hydrogen-bond acceptors (Lipinski definition) is 4. The number of halogens is 4. The maximum atomic E-state index is 13.6. The average molecular weight is 571 g/mol. The number of nitrogens with zero attached hydrogens (tertiary/aromatic N) is 3. The number of carbonyl (C=O) groups excluding carboxylic acids is 1. The van der Waals surface area contributed by atoms with Crippen molar-refractivity contribution in [2.75, 3.05) is 38.2 Å². The van der Waals surface area contributed by atoms with Crippen molar-refractivity contribution in [2.24, 2.45) is 0 Å². The first-order valence-corrected chi connectivity index (χ1v) is 13.5. The summed E-state index contributed by atoms with van der Waals surface area (Å²) in [5.41, 5.74) is 1.80. The number of pyridine rings is 1. The summed E-state index contributed by atoms with van der Waals surface area (Å²) in [6.45, 7) is 2.84. The maximum Gasteiger partial charge on any atom is 0.416 e. The molecule has 2 aliphatic heterocycles. The molecule has 1 spiro atoms. The molecule has 6 nitrogen and oxygen atoms in total. The largest absolute Gasteiger partial charge is 0.497 e. The fraction of sp³-hybridized carbons (Fsp3) is 0.333. The molecule has 1 N–H and O–H groups in total. The molecule has 2 aromatic carbocycles. The molecule has 1 saturated heterocycles. The molecule has 0 aliphatic carbocycles. The van der Waals surface area contributed by atoms with Gasteiger partial charge < -0.3 is 10.1 Å². The fourth-order valence-electron chi connectivity index (χ4n) is 5.50. The summed E-state index contributed by atoms with van der Waals surface area (Å²) in [6, 6.07) is 14.6. The third-order valence-electron chi connectivity index (χ3n) is 7.73. The number of ether oxygens (including phenoxy) is 1. The van der Waals surface area contributed by atoms with Gasteiger partial charge in [-0.25, -0.2) is 9.78 Å². The second-order valence-electron chi connectivity index (χ2n) is 10.2. The molecule has 2 amide bonds. The van der Waals surface area contributed by atoms with Gasteiger partial charge in [0.25, 0.3) is 0 Å². The highest BCUT2D eigenvalue weighted by Gasteiger charge is 2.47. The quantitative estimate of drug-likeness (QED) is 0.342. The van der Waals surface area contributed by atoms with E-state index in [1.165, 1.54) is 4.90 Å². The molecule has 0 unspecified atom stereocenters. The Kier molecular flexibility index (Phi) is 8.05. The van der Waals surface area contributed by atoms with Gasteiger partial charge in [0, 0.05) is 36.9 Å². The molecule has 0 saturated carbocycles. The zero-order valence-electron chi connectivity index (χ0n) is 22.0. The maximum absolute atomic E-state index is 13.6. The molecule has 0 atom stereocenters. The van der Waals surface area contributed by atoms with Crippen molar-refractivity contribution in [2.45, 2.75) is 31.0 Å². The van der Waals surface area contributed by atoms with Crippen LogP contribution in [0.15, 0.2) is 66.9 Å². The van der Waals surface area contributed by atoms with E-state index in [2.05, 4.69) is 27.4 Å². The van der Waals surface area contributed by atoms with Gasteiger partial charge in [-0.1, -0.05) is 42.0 Å². The van der Waals surface area contributed by atoms with Crippen LogP contribution >= 0.6 is 11.6 Å². The van der Waals surface area contributed by atoms with Crippen LogP contribution in [0.2, 0.25) is 5.15 Å². The normalized spacial score (nSPS) is 16.9. The van der Waals surface area contributed by atoms with Crippen LogP contribution in [0.1, 0.15) is 35.1 Å². The summed E-state index contributed by atoms with van der Waals surface area (Å²) in [4.78, 5) is 21.0. The Labute approximate surface area is 236 Å². The first-order valence-electron chi connectivity index (χ1n) is 13.1. The number of aromatic nitrogens is 1.